The van der Waals surface area contributed by atoms with Gasteiger partial charge in [-0.3, -0.25) is 4.79 Å². The van der Waals surface area contributed by atoms with Crippen molar-refractivity contribution in [1.29, 1.82) is 0 Å². The van der Waals surface area contributed by atoms with E-state index < -0.39 is 17.9 Å². The normalized spacial score (nSPS) is 12.1. The summed E-state index contributed by atoms with van der Waals surface area (Å²) in [4.78, 5) is 23.2. The van der Waals surface area contributed by atoms with Gasteiger partial charge in [-0.25, -0.2) is 4.79 Å². The molecule has 1 rings (SSSR count). The first-order valence-electron chi connectivity index (χ1n) is 6.22. The van der Waals surface area contributed by atoms with Gasteiger partial charge in [-0.2, -0.15) is 0 Å². The van der Waals surface area contributed by atoms with Crippen molar-refractivity contribution < 1.29 is 19.4 Å². The van der Waals surface area contributed by atoms with Crippen LogP contribution in [-0.2, 0) is 4.79 Å². The van der Waals surface area contributed by atoms with Crippen LogP contribution in [0.3, 0.4) is 0 Å². The van der Waals surface area contributed by atoms with Gasteiger partial charge in [-0.1, -0.05) is 25.4 Å². The van der Waals surface area contributed by atoms with Crippen molar-refractivity contribution in [3.05, 3.63) is 28.8 Å². The monoisotopic (exact) mass is 299 g/mol. The molecule has 2 N–H and O–H groups in total. The van der Waals surface area contributed by atoms with Crippen LogP contribution in [0.5, 0.6) is 5.75 Å². The molecule has 20 heavy (non-hydrogen) atoms. The fourth-order valence-corrected chi connectivity index (χ4v) is 1.93. The Bertz CT molecular complexity index is 502. The number of ether oxygens (including phenoxy) is 1. The van der Waals surface area contributed by atoms with Crippen molar-refractivity contribution in [3.8, 4) is 5.75 Å². The number of rotatable bonds is 6. The van der Waals surface area contributed by atoms with Gasteiger partial charge < -0.3 is 15.2 Å². The molecule has 0 aliphatic heterocycles. The van der Waals surface area contributed by atoms with E-state index in [2.05, 4.69) is 5.32 Å². The van der Waals surface area contributed by atoms with E-state index in [1.165, 1.54) is 25.3 Å². The maximum Gasteiger partial charge on any atom is 0.326 e. The number of hydrogen-bond acceptors (Lipinski definition) is 3. The summed E-state index contributed by atoms with van der Waals surface area (Å²) in [6.07, 6.45) is 0.367. The van der Waals surface area contributed by atoms with Crippen LogP contribution in [0.4, 0.5) is 0 Å². The molecule has 0 aliphatic rings. The number of benzene rings is 1. The lowest BCUT2D eigenvalue weighted by molar-refractivity contribution is -0.139. The lowest BCUT2D eigenvalue weighted by Gasteiger charge is -2.16. The van der Waals surface area contributed by atoms with Gasteiger partial charge in [0, 0.05) is 5.56 Å². The van der Waals surface area contributed by atoms with Gasteiger partial charge in [0.2, 0.25) is 0 Å². The highest BCUT2D eigenvalue weighted by atomic mass is 35.5. The van der Waals surface area contributed by atoms with Crippen molar-refractivity contribution in [3.63, 3.8) is 0 Å². The fraction of sp³-hybridized carbons (Fsp3) is 0.429. The number of carbonyl (C=O) groups is 2. The molecular weight excluding hydrogens is 282 g/mol. The topological polar surface area (TPSA) is 75.6 Å². The lowest BCUT2D eigenvalue weighted by Crippen LogP contribution is -2.41. The van der Waals surface area contributed by atoms with Crippen molar-refractivity contribution in [2.75, 3.05) is 7.11 Å². The summed E-state index contributed by atoms with van der Waals surface area (Å²) in [7, 11) is 1.45. The van der Waals surface area contributed by atoms with E-state index in [-0.39, 0.29) is 5.92 Å². The summed E-state index contributed by atoms with van der Waals surface area (Å²) in [6.45, 7) is 3.79. The predicted molar refractivity (Wildman–Crippen MR) is 76.3 cm³/mol. The zero-order valence-corrected chi connectivity index (χ0v) is 12.4. The molecule has 0 saturated heterocycles. The number of carbonyl (C=O) groups excluding carboxylic acids is 1. The standard InChI is InChI=1S/C14H18ClNO4/c1-8(2)6-11(14(18)19)16-13(17)9-4-5-10(15)12(7-9)20-3/h4-5,7-8,11H,6H2,1-3H3,(H,16,17)(H,18,19)/t11-/m1/s1. The number of nitrogens with one attached hydrogen (secondary N) is 1. The molecule has 0 heterocycles. The summed E-state index contributed by atoms with van der Waals surface area (Å²) in [5.74, 6) is -0.979. The quantitative estimate of drug-likeness (QED) is 0.846. The predicted octanol–water partition coefficient (Wildman–Crippen LogP) is 2.58. The second kappa shape index (κ2) is 7.14. The number of amides is 1. The second-order valence-electron chi connectivity index (χ2n) is 4.84. The molecule has 0 unspecified atom stereocenters. The van der Waals surface area contributed by atoms with E-state index in [0.717, 1.165) is 0 Å². The Morgan fingerprint density at radius 1 is 1.40 bits per heavy atom. The van der Waals surface area contributed by atoms with Gasteiger partial charge >= 0.3 is 5.97 Å². The molecule has 0 aromatic heterocycles. The first-order chi connectivity index (χ1) is 9.35. The summed E-state index contributed by atoms with van der Waals surface area (Å²) in [6, 6.07) is 3.62. The Morgan fingerprint density at radius 3 is 2.55 bits per heavy atom. The van der Waals surface area contributed by atoms with E-state index >= 15 is 0 Å². The molecule has 6 heteroatoms. The minimum absolute atomic E-state index is 0.163. The molecule has 5 nitrogen and oxygen atoms in total. The molecule has 0 aliphatic carbocycles. The minimum atomic E-state index is -1.05. The van der Waals surface area contributed by atoms with E-state index in [4.69, 9.17) is 21.4 Å². The van der Waals surface area contributed by atoms with E-state index in [9.17, 15) is 9.59 Å². The number of methoxy groups -OCH3 is 1. The van der Waals surface area contributed by atoms with Gasteiger partial charge in [0.05, 0.1) is 12.1 Å². The third-order valence-electron chi connectivity index (χ3n) is 2.72. The Kier molecular flexibility index (Phi) is 5.82. The number of hydrogen-bond donors (Lipinski definition) is 2. The van der Waals surface area contributed by atoms with Crippen LogP contribution < -0.4 is 10.1 Å². The molecule has 1 amide bonds. The van der Waals surface area contributed by atoms with Crippen LogP contribution >= 0.6 is 11.6 Å². The first-order valence-corrected chi connectivity index (χ1v) is 6.60. The zero-order chi connectivity index (χ0) is 15.3. The molecule has 0 radical (unpaired) electrons. The molecule has 0 spiro atoms. The van der Waals surface area contributed by atoms with Crippen molar-refractivity contribution in [2.45, 2.75) is 26.3 Å². The maximum absolute atomic E-state index is 12.0. The van der Waals surface area contributed by atoms with E-state index in [1.807, 2.05) is 13.8 Å². The molecule has 0 bridgehead atoms. The molecule has 1 atom stereocenters. The third-order valence-corrected chi connectivity index (χ3v) is 3.04. The van der Waals surface area contributed by atoms with Gasteiger partial charge in [-0.15, -0.1) is 0 Å². The SMILES string of the molecule is COc1cc(C(=O)N[C@H](CC(C)C)C(=O)O)ccc1Cl. The molecule has 0 fully saturated rings. The third kappa shape index (κ3) is 4.42. The molecule has 110 valence electrons. The average Bonchev–Trinajstić information content (AvgIpc) is 2.37. The van der Waals surface area contributed by atoms with Crippen molar-refractivity contribution >= 4 is 23.5 Å². The minimum Gasteiger partial charge on any atom is -0.495 e. The van der Waals surface area contributed by atoms with Gasteiger partial charge in [0.15, 0.2) is 0 Å². The molecule has 1 aromatic rings. The Balaban J connectivity index is 2.86. The number of carboxylic acids is 1. The maximum atomic E-state index is 12.0. The Labute approximate surface area is 122 Å². The summed E-state index contributed by atoms with van der Waals surface area (Å²) < 4.78 is 5.02. The van der Waals surface area contributed by atoms with Crippen LogP contribution in [0.1, 0.15) is 30.6 Å². The number of aliphatic carboxylic acids is 1. The highest BCUT2D eigenvalue weighted by Crippen LogP contribution is 2.25. The summed E-state index contributed by atoms with van der Waals surface area (Å²) in [5, 5.41) is 12.0. The Morgan fingerprint density at radius 2 is 2.05 bits per heavy atom. The van der Waals surface area contributed by atoms with Gasteiger partial charge in [0.25, 0.3) is 5.91 Å². The van der Waals surface area contributed by atoms with Crippen LogP contribution in [0.2, 0.25) is 5.02 Å². The number of halogens is 1. The molecule has 0 saturated carbocycles. The highest BCUT2D eigenvalue weighted by Gasteiger charge is 2.22. The molecular formula is C14H18ClNO4. The lowest BCUT2D eigenvalue weighted by atomic mass is 10.0. The summed E-state index contributed by atoms with van der Waals surface area (Å²) >= 11 is 5.88. The summed E-state index contributed by atoms with van der Waals surface area (Å²) in [5.41, 5.74) is 0.307. The average molecular weight is 300 g/mol. The van der Waals surface area contributed by atoms with Gasteiger partial charge in [0.1, 0.15) is 11.8 Å². The van der Waals surface area contributed by atoms with Crippen molar-refractivity contribution in [2.24, 2.45) is 5.92 Å². The second-order valence-corrected chi connectivity index (χ2v) is 5.25. The molecule has 1 aromatic carbocycles. The van der Waals surface area contributed by atoms with Crippen LogP contribution in [0.15, 0.2) is 18.2 Å². The zero-order valence-electron chi connectivity index (χ0n) is 11.6. The fourth-order valence-electron chi connectivity index (χ4n) is 1.74. The van der Waals surface area contributed by atoms with Crippen LogP contribution in [0.25, 0.3) is 0 Å². The largest absolute Gasteiger partial charge is 0.495 e. The van der Waals surface area contributed by atoms with Crippen LogP contribution in [-0.4, -0.2) is 30.1 Å². The van der Waals surface area contributed by atoms with E-state index in [0.29, 0.717) is 22.8 Å². The number of carboxylic acid groups (broad SMARTS) is 1. The Hall–Kier alpha value is -1.75. The van der Waals surface area contributed by atoms with Crippen molar-refractivity contribution in [1.82, 2.24) is 5.32 Å². The van der Waals surface area contributed by atoms with Crippen LogP contribution in [0, 0.1) is 5.92 Å². The smallest absolute Gasteiger partial charge is 0.326 e. The highest BCUT2D eigenvalue weighted by molar-refractivity contribution is 6.32. The van der Waals surface area contributed by atoms with Gasteiger partial charge in [-0.05, 0) is 30.5 Å². The first kappa shape index (κ1) is 16.3. The van der Waals surface area contributed by atoms with E-state index in [1.54, 1.807) is 0 Å².